The Labute approximate surface area is 325 Å². The zero-order chi connectivity index (χ0) is 39.1. The van der Waals surface area contributed by atoms with Gasteiger partial charge in [-0.25, -0.2) is 0 Å². The van der Waals surface area contributed by atoms with Crippen molar-refractivity contribution in [1.82, 2.24) is 9.97 Å². The molecule has 6 aromatic rings. The number of rotatable bonds is 11. The van der Waals surface area contributed by atoms with Crippen molar-refractivity contribution in [3.63, 3.8) is 0 Å². The highest BCUT2D eigenvalue weighted by atomic mass is 16.5. The van der Waals surface area contributed by atoms with E-state index in [2.05, 4.69) is 41.8 Å². The highest BCUT2D eigenvalue weighted by Gasteiger charge is 2.26. The van der Waals surface area contributed by atoms with Crippen molar-refractivity contribution in [2.45, 2.75) is 54.6 Å². The van der Waals surface area contributed by atoms with Crippen LogP contribution in [0.1, 0.15) is 47.5 Å². The van der Waals surface area contributed by atoms with Crippen molar-refractivity contribution in [3.8, 4) is 39.7 Å². The van der Waals surface area contributed by atoms with Gasteiger partial charge in [-0.3, -0.25) is 14.8 Å². The molecule has 0 bridgehead atoms. The van der Waals surface area contributed by atoms with E-state index < -0.39 is 0 Å². The number of hydrogen-bond acceptors (Lipinski definition) is 9. The van der Waals surface area contributed by atoms with E-state index in [0.717, 1.165) is 72.2 Å². The van der Waals surface area contributed by atoms with Crippen LogP contribution in [0.3, 0.4) is 0 Å². The van der Waals surface area contributed by atoms with Gasteiger partial charge in [0, 0.05) is 63.9 Å². The quantitative estimate of drug-likeness (QED) is 0.111. The minimum atomic E-state index is -0.127. The third kappa shape index (κ3) is 6.81. The number of phenols is 1. The van der Waals surface area contributed by atoms with E-state index in [4.69, 9.17) is 23.9 Å². The van der Waals surface area contributed by atoms with E-state index in [1.807, 2.05) is 95.3 Å². The van der Waals surface area contributed by atoms with E-state index in [1.54, 1.807) is 6.07 Å². The van der Waals surface area contributed by atoms with E-state index in [1.165, 1.54) is 0 Å². The molecule has 9 nitrogen and oxygen atoms in total. The van der Waals surface area contributed by atoms with Crippen molar-refractivity contribution in [2.75, 3.05) is 23.8 Å². The molecule has 0 saturated carbocycles. The maximum atomic E-state index is 14.2. The summed E-state index contributed by atoms with van der Waals surface area (Å²) in [5, 5.41) is 21.3. The number of pyridine rings is 2. The first kappa shape index (κ1) is 36.4. The first-order chi connectivity index (χ1) is 27.1. The fourth-order valence-corrected chi connectivity index (χ4v) is 7.44. The topological polar surface area (TPSA) is 119 Å². The smallest absolute Gasteiger partial charge is 0.190 e. The average Bonchev–Trinajstić information content (AvgIpc) is 3.18. The summed E-state index contributed by atoms with van der Waals surface area (Å²) in [4.78, 5) is 23.9. The lowest BCUT2D eigenvalue weighted by molar-refractivity contribution is 0.340. The third-order valence-corrected chi connectivity index (χ3v) is 10.2. The fraction of sp³-hybridized carbons (Fsp3) is 0.213. The van der Waals surface area contributed by atoms with Crippen LogP contribution in [0.2, 0.25) is 0 Å². The summed E-state index contributed by atoms with van der Waals surface area (Å²) < 4.78 is 18.7. The molecule has 1 aliphatic carbocycles. The molecule has 1 aliphatic heterocycles. The van der Waals surface area contributed by atoms with Crippen LogP contribution in [0.25, 0.3) is 55.2 Å². The SMILES string of the molecule is CCOc1cc(NCc2c3oc4c(CNc5cc(OCC)cc6ccc(C)nc56)c(O)ccc4c(-c4ccc(C)cc4)c-3cc(C)c2=O)c2nc(C)ccc2c1. The molecule has 3 heterocycles. The second-order valence-corrected chi connectivity index (χ2v) is 14.2. The molecular formula is C47H44N4O5. The summed E-state index contributed by atoms with van der Waals surface area (Å²) >= 11 is 0. The summed E-state index contributed by atoms with van der Waals surface area (Å²) in [5.41, 5.74) is 10.6. The maximum Gasteiger partial charge on any atom is 0.190 e. The Morgan fingerprint density at radius 3 is 1.82 bits per heavy atom. The Bertz CT molecular complexity index is 2810. The van der Waals surface area contributed by atoms with Crippen molar-refractivity contribution >= 4 is 44.1 Å². The Hall–Kier alpha value is -6.61. The van der Waals surface area contributed by atoms with Crippen LogP contribution < -0.4 is 25.5 Å². The molecule has 0 saturated heterocycles. The first-order valence-electron chi connectivity index (χ1n) is 19.0. The van der Waals surface area contributed by atoms with Gasteiger partial charge in [0.1, 0.15) is 28.6 Å². The van der Waals surface area contributed by atoms with Crippen LogP contribution in [-0.4, -0.2) is 28.3 Å². The lowest BCUT2D eigenvalue weighted by atomic mass is 9.89. The number of nitrogens with one attached hydrogen (secondary N) is 2. The average molecular weight is 745 g/mol. The van der Waals surface area contributed by atoms with Gasteiger partial charge in [-0.2, -0.15) is 0 Å². The van der Waals surface area contributed by atoms with Gasteiger partial charge in [-0.1, -0.05) is 42.0 Å². The molecule has 282 valence electrons. The number of aromatic nitrogens is 2. The van der Waals surface area contributed by atoms with Gasteiger partial charge in [0.2, 0.25) is 0 Å². The van der Waals surface area contributed by atoms with Gasteiger partial charge >= 0.3 is 0 Å². The molecule has 9 heteroatoms. The molecule has 0 amide bonds. The maximum absolute atomic E-state index is 14.2. The van der Waals surface area contributed by atoms with Crippen molar-refractivity contribution in [1.29, 1.82) is 0 Å². The minimum absolute atomic E-state index is 0.0622. The van der Waals surface area contributed by atoms with Gasteiger partial charge in [-0.15, -0.1) is 0 Å². The monoisotopic (exact) mass is 744 g/mol. The van der Waals surface area contributed by atoms with Crippen LogP contribution in [0.15, 0.2) is 100 Å². The number of anilines is 2. The number of benzene rings is 5. The van der Waals surface area contributed by atoms with Crippen LogP contribution in [-0.2, 0) is 13.1 Å². The zero-order valence-electron chi connectivity index (χ0n) is 32.5. The zero-order valence-corrected chi connectivity index (χ0v) is 32.5. The number of nitrogens with zero attached hydrogens (tertiary/aromatic N) is 2. The second kappa shape index (κ2) is 14.9. The molecular weight excluding hydrogens is 701 g/mol. The standard InChI is InChI=1S/C47H44N4O5/c1-7-54-33-20-31-15-11-28(5)50-43(31)39(22-33)48-24-37-41(52)18-17-35-42(30-13-9-26(3)10-14-30)36-19-27(4)45(53)38(47(36)56-46(35)37)25-49-40-23-34(55-8-2)21-32-16-12-29(6)51-44(32)40/h9-23,48-49,52H,7-8,24-25H2,1-6H3. The molecule has 0 fully saturated rings. The second-order valence-electron chi connectivity index (χ2n) is 14.2. The van der Waals surface area contributed by atoms with Crippen LogP contribution in [0.5, 0.6) is 17.2 Å². The Morgan fingerprint density at radius 2 is 1.25 bits per heavy atom. The van der Waals surface area contributed by atoms with Crippen molar-refractivity contribution in [2.24, 2.45) is 0 Å². The van der Waals surface area contributed by atoms with Gasteiger partial charge in [0.05, 0.1) is 46.7 Å². The number of ether oxygens (including phenoxy) is 2. The van der Waals surface area contributed by atoms with Gasteiger partial charge < -0.3 is 29.6 Å². The van der Waals surface area contributed by atoms with Crippen LogP contribution in [0.4, 0.5) is 11.4 Å². The van der Waals surface area contributed by atoms with Crippen LogP contribution >= 0.6 is 0 Å². The lowest BCUT2D eigenvalue weighted by Crippen LogP contribution is -2.18. The Morgan fingerprint density at radius 1 is 0.679 bits per heavy atom. The highest BCUT2D eigenvalue weighted by Crippen LogP contribution is 2.45. The first-order valence-corrected chi connectivity index (χ1v) is 19.0. The molecule has 2 aliphatic rings. The molecule has 0 radical (unpaired) electrons. The molecule has 2 aromatic heterocycles. The number of fused-ring (bicyclic) bond motifs is 4. The Kier molecular flexibility index (Phi) is 9.68. The summed E-state index contributed by atoms with van der Waals surface area (Å²) in [6, 6.07) is 29.7. The predicted molar refractivity (Wildman–Crippen MR) is 226 cm³/mol. The largest absolute Gasteiger partial charge is 0.507 e. The van der Waals surface area contributed by atoms with Gasteiger partial charge in [0.25, 0.3) is 0 Å². The highest BCUT2D eigenvalue weighted by molar-refractivity contribution is 6.04. The van der Waals surface area contributed by atoms with Crippen molar-refractivity contribution in [3.05, 3.63) is 135 Å². The summed E-state index contributed by atoms with van der Waals surface area (Å²) in [5.74, 6) is 1.93. The third-order valence-electron chi connectivity index (χ3n) is 10.2. The number of aromatic hydroxyl groups is 1. The molecule has 4 aromatic carbocycles. The lowest BCUT2D eigenvalue weighted by Gasteiger charge is -2.21. The van der Waals surface area contributed by atoms with E-state index >= 15 is 0 Å². The summed E-state index contributed by atoms with van der Waals surface area (Å²) in [6.07, 6.45) is 0. The van der Waals surface area contributed by atoms with Crippen molar-refractivity contribution < 1.29 is 19.0 Å². The molecule has 0 unspecified atom stereocenters. The van der Waals surface area contributed by atoms with E-state index in [0.29, 0.717) is 52.7 Å². The predicted octanol–water partition coefficient (Wildman–Crippen LogP) is 10.6. The van der Waals surface area contributed by atoms with E-state index in [-0.39, 0.29) is 24.3 Å². The van der Waals surface area contributed by atoms with Gasteiger partial charge in [0.15, 0.2) is 5.43 Å². The fourth-order valence-electron chi connectivity index (χ4n) is 7.44. The molecule has 3 N–H and O–H groups in total. The Balaban J connectivity index is 1.31. The normalized spacial score (nSPS) is 11.5. The summed E-state index contributed by atoms with van der Waals surface area (Å²) in [6.45, 7) is 13.1. The van der Waals surface area contributed by atoms with E-state index in [9.17, 15) is 9.90 Å². The number of aryl methyl sites for hydroxylation is 4. The molecule has 8 rings (SSSR count). The van der Waals surface area contributed by atoms with Gasteiger partial charge in [-0.05, 0) is 95.1 Å². The minimum Gasteiger partial charge on any atom is -0.507 e. The molecule has 56 heavy (non-hydrogen) atoms. The summed E-state index contributed by atoms with van der Waals surface area (Å²) in [7, 11) is 0. The molecule has 0 spiro atoms. The van der Waals surface area contributed by atoms with Crippen LogP contribution in [0, 0.1) is 27.7 Å². The number of phenolic OH excluding ortho intramolecular Hbond substituents is 1. The molecule has 0 atom stereocenters. The number of hydrogen-bond donors (Lipinski definition) is 3.